The summed E-state index contributed by atoms with van der Waals surface area (Å²) < 4.78 is 74.7. The highest BCUT2D eigenvalue weighted by atomic mass is 35.5. The molecule has 3 aromatic carbocycles. The lowest BCUT2D eigenvalue weighted by Crippen LogP contribution is -2.52. The quantitative estimate of drug-likeness (QED) is 0.287. The van der Waals surface area contributed by atoms with E-state index in [9.17, 15) is 31.2 Å². The Kier molecular flexibility index (Phi) is 10.9. The van der Waals surface area contributed by atoms with E-state index in [0.29, 0.717) is 21.7 Å². The molecule has 3 rings (SSSR count). The van der Waals surface area contributed by atoms with Crippen molar-refractivity contribution in [1.82, 2.24) is 10.2 Å². The molecule has 0 saturated carbocycles. The second kappa shape index (κ2) is 13.9. The third kappa shape index (κ3) is 7.74. The van der Waals surface area contributed by atoms with Crippen LogP contribution in [0.15, 0.2) is 77.7 Å². The van der Waals surface area contributed by atoms with E-state index in [4.69, 9.17) is 16.3 Å². The summed E-state index contributed by atoms with van der Waals surface area (Å²) >= 11 is 5.80. The van der Waals surface area contributed by atoms with Gasteiger partial charge in [-0.2, -0.15) is 13.2 Å². The lowest BCUT2D eigenvalue weighted by Gasteiger charge is -2.33. The summed E-state index contributed by atoms with van der Waals surface area (Å²) in [6.07, 6.45) is -4.70. The zero-order valence-electron chi connectivity index (χ0n) is 23.2. The van der Waals surface area contributed by atoms with Gasteiger partial charge < -0.3 is 15.0 Å². The first-order valence-corrected chi connectivity index (χ1v) is 14.8. The van der Waals surface area contributed by atoms with Crippen molar-refractivity contribution in [3.8, 4) is 5.75 Å². The van der Waals surface area contributed by atoms with Crippen LogP contribution < -0.4 is 14.4 Å². The lowest BCUT2D eigenvalue weighted by molar-refractivity contribution is -0.140. The minimum absolute atomic E-state index is 0.0979. The van der Waals surface area contributed by atoms with Crippen molar-refractivity contribution in [2.75, 3.05) is 24.5 Å². The highest BCUT2D eigenvalue weighted by Gasteiger charge is 2.37. The number of hydrogen-bond acceptors (Lipinski definition) is 5. The Balaban J connectivity index is 2.14. The summed E-state index contributed by atoms with van der Waals surface area (Å²) in [6.45, 7) is 2.70. The van der Waals surface area contributed by atoms with Gasteiger partial charge in [0.25, 0.3) is 10.0 Å². The lowest BCUT2D eigenvalue weighted by atomic mass is 10.1. The van der Waals surface area contributed by atoms with Crippen LogP contribution in [0.3, 0.4) is 0 Å². The van der Waals surface area contributed by atoms with E-state index in [-0.39, 0.29) is 24.4 Å². The van der Waals surface area contributed by atoms with Crippen molar-refractivity contribution in [2.24, 2.45) is 0 Å². The third-order valence-electron chi connectivity index (χ3n) is 6.38. The summed E-state index contributed by atoms with van der Waals surface area (Å²) in [6, 6.07) is 15.4. The normalized spacial score (nSPS) is 12.4. The summed E-state index contributed by atoms with van der Waals surface area (Å²) in [4.78, 5) is 28.0. The molecule has 0 spiro atoms. The standard InChI is InChI=1S/C29H31ClF3N3O5S/c1-4-26(28(38)34-5-2)35(18-20-10-9-11-22(16-20)41-3)27(37)19-36(42(39,40)23-12-7-6-8-13-23)21-14-15-25(30)24(17-21)29(31,32)33/h6-17,26H,4-5,18-19H2,1-3H3,(H,34,38)/t26-/m0/s1. The Bertz CT molecular complexity index is 1500. The minimum Gasteiger partial charge on any atom is -0.497 e. The monoisotopic (exact) mass is 625 g/mol. The molecule has 0 aromatic heterocycles. The summed E-state index contributed by atoms with van der Waals surface area (Å²) in [7, 11) is -3.08. The van der Waals surface area contributed by atoms with E-state index in [2.05, 4.69) is 5.32 Å². The van der Waals surface area contributed by atoms with Crippen LogP contribution >= 0.6 is 11.6 Å². The fourth-order valence-electron chi connectivity index (χ4n) is 4.31. The molecule has 226 valence electrons. The van der Waals surface area contributed by atoms with Gasteiger partial charge in [0.2, 0.25) is 11.8 Å². The minimum atomic E-state index is -4.89. The van der Waals surface area contributed by atoms with Gasteiger partial charge in [0.15, 0.2) is 0 Å². The van der Waals surface area contributed by atoms with Crippen LogP contribution in [0.1, 0.15) is 31.4 Å². The molecule has 0 aliphatic heterocycles. The van der Waals surface area contributed by atoms with Crippen molar-refractivity contribution in [1.29, 1.82) is 0 Å². The molecular formula is C29H31ClF3N3O5S. The first-order chi connectivity index (χ1) is 19.8. The average Bonchev–Trinajstić information content (AvgIpc) is 2.96. The fraction of sp³-hybridized carbons (Fsp3) is 0.310. The van der Waals surface area contributed by atoms with Crippen molar-refractivity contribution in [3.05, 3.63) is 88.9 Å². The number of amides is 2. The van der Waals surface area contributed by atoms with Gasteiger partial charge in [-0.25, -0.2) is 8.42 Å². The van der Waals surface area contributed by atoms with Crippen molar-refractivity contribution in [3.63, 3.8) is 0 Å². The molecule has 42 heavy (non-hydrogen) atoms. The summed E-state index contributed by atoms with van der Waals surface area (Å²) in [5.74, 6) is -0.765. The Labute approximate surface area is 248 Å². The number of halogens is 4. The zero-order valence-corrected chi connectivity index (χ0v) is 24.8. The maximum Gasteiger partial charge on any atom is 0.417 e. The van der Waals surface area contributed by atoms with E-state index in [1.807, 2.05) is 0 Å². The number of hydrogen-bond donors (Lipinski definition) is 1. The van der Waals surface area contributed by atoms with Gasteiger partial charge in [0, 0.05) is 13.1 Å². The highest BCUT2D eigenvalue weighted by Crippen LogP contribution is 2.38. The van der Waals surface area contributed by atoms with Gasteiger partial charge in [-0.15, -0.1) is 0 Å². The molecule has 0 bridgehead atoms. The maximum absolute atomic E-state index is 14.0. The first kappa shape index (κ1) is 32.7. The third-order valence-corrected chi connectivity index (χ3v) is 8.50. The molecule has 0 radical (unpaired) electrons. The van der Waals surface area contributed by atoms with Crippen LogP contribution in [0.25, 0.3) is 0 Å². The second-order valence-corrected chi connectivity index (χ2v) is 11.4. The Morgan fingerprint density at radius 1 is 1.00 bits per heavy atom. The number of likely N-dealkylation sites (N-methyl/N-ethyl adjacent to an activating group) is 1. The van der Waals surface area contributed by atoms with Gasteiger partial charge in [0.05, 0.1) is 28.3 Å². The van der Waals surface area contributed by atoms with Crippen LogP contribution in [-0.4, -0.2) is 51.4 Å². The van der Waals surface area contributed by atoms with E-state index in [1.54, 1.807) is 44.2 Å². The van der Waals surface area contributed by atoms with Crippen LogP contribution in [-0.2, 0) is 32.3 Å². The number of anilines is 1. The number of methoxy groups -OCH3 is 1. The van der Waals surface area contributed by atoms with Crippen LogP contribution in [0, 0.1) is 0 Å². The number of carbonyl (C=O) groups is 2. The Morgan fingerprint density at radius 3 is 2.29 bits per heavy atom. The predicted molar refractivity (Wildman–Crippen MR) is 154 cm³/mol. The summed E-state index contributed by atoms with van der Waals surface area (Å²) in [5, 5.41) is 2.05. The molecule has 1 N–H and O–H groups in total. The van der Waals surface area contributed by atoms with E-state index >= 15 is 0 Å². The van der Waals surface area contributed by atoms with Gasteiger partial charge in [-0.05, 0) is 61.4 Å². The van der Waals surface area contributed by atoms with E-state index in [0.717, 1.165) is 12.1 Å². The largest absolute Gasteiger partial charge is 0.497 e. The van der Waals surface area contributed by atoms with Gasteiger partial charge in [-0.1, -0.05) is 48.9 Å². The average molecular weight is 626 g/mol. The molecule has 0 heterocycles. The SMILES string of the molecule is CCNC(=O)[C@H](CC)N(Cc1cccc(OC)c1)C(=O)CN(c1ccc(Cl)c(C(F)(F)F)c1)S(=O)(=O)c1ccccc1. The number of nitrogens with one attached hydrogen (secondary N) is 1. The predicted octanol–water partition coefficient (Wildman–Crippen LogP) is 5.51. The second-order valence-electron chi connectivity index (χ2n) is 9.18. The number of carbonyl (C=O) groups excluding carboxylic acids is 2. The number of nitrogens with zero attached hydrogens (tertiary/aromatic N) is 2. The molecular weight excluding hydrogens is 595 g/mol. The van der Waals surface area contributed by atoms with E-state index in [1.165, 1.54) is 36.3 Å². The smallest absolute Gasteiger partial charge is 0.417 e. The molecule has 0 aliphatic carbocycles. The van der Waals surface area contributed by atoms with Gasteiger partial charge in [-0.3, -0.25) is 13.9 Å². The van der Waals surface area contributed by atoms with Crippen LogP contribution in [0.5, 0.6) is 5.75 Å². The molecule has 0 saturated heterocycles. The van der Waals surface area contributed by atoms with Crippen LogP contribution in [0.4, 0.5) is 18.9 Å². The number of sulfonamides is 1. The number of rotatable bonds is 12. The fourth-order valence-corrected chi connectivity index (χ4v) is 5.96. The summed E-state index contributed by atoms with van der Waals surface area (Å²) in [5.41, 5.74) is -1.09. The van der Waals surface area contributed by atoms with Gasteiger partial charge in [0.1, 0.15) is 18.3 Å². The highest BCUT2D eigenvalue weighted by molar-refractivity contribution is 7.92. The molecule has 0 fully saturated rings. The maximum atomic E-state index is 14.0. The molecule has 1 atom stereocenters. The first-order valence-electron chi connectivity index (χ1n) is 13.0. The van der Waals surface area contributed by atoms with Crippen molar-refractivity contribution < 1.29 is 35.9 Å². The van der Waals surface area contributed by atoms with Crippen molar-refractivity contribution in [2.45, 2.75) is 43.9 Å². The topological polar surface area (TPSA) is 96.0 Å². The molecule has 3 aromatic rings. The number of alkyl halides is 3. The Morgan fingerprint density at radius 2 is 1.69 bits per heavy atom. The zero-order chi connectivity index (χ0) is 31.1. The van der Waals surface area contributed by atoms with Crippen LogP contribution in [0.2, 0.25) is 5.02 Å². The molecule has 0 aliphatic rings. The Hall–Kier alpha value is -3.77. The number of ether oxygens (including phenoxy) is 1. The van der Waals surface area contributed by atoms with Gasteiger partial charge >= 0.3 is 6.18 Å². The molecule has 13 heteroatoms. The number of benzene rings is 3. The molecule has 0 unspecified atom stereocenters. The molecule has 8 nitrogen and oxygen atoms in total. The van der Waals surface area contributed by atoms with E-state index < -0.39 is 56.9 Å². The van der Waals surface area contributed by atoms with Crippen molar-refractivity contribution >= 4 is 39.1 Å². The molecule has 2 amide bonds.